The molecule has 5 nitrogen and oxygen atoms in total. The zero-order chi connectivity index (χ0) is 14.7. The third-order valence-electron chi connectivity index (χ3n) is 2.62. The molecule has 7 heteroatoms. The molecular weight excluding hydrogens is 344 g/mol. The van der Waals surface area contributed by atoms with Crippen molar-refractivity contribution in [3.8, 4) is 11.4 Å². The van der Waals surface area contributed by atoms with Crippen LogP contribution in [0.25, 0.3) is 5.69 Å². The van der Waals surface area contributed by atoms with E-state index >= 15 is 0 Å². The van der Waals surface area contributed by atoms with Crippen molar-refractivity contribution < 1.29 is 14.6 Å². The highest BCUT2D eigenvalue weighted by molar-refractivity contribution is 9.10. The number of ether oxygens (including phenoxy) is 1. The van der Waals surface area contributed by atoms with Crippen molar-refractivity contribution in [1.29, 1.82) is 0 Å². The average molecular weight is 357 g/mol. The van der Waals surface area contributed by atoms with E-state index in [1.807, 2.05) is 29.7 Å². The fraction of sp³-hybridized carbons (Fsp3) is 0.231. The van der Waals surface area contributed by atoms with Crippen LogP contribution in [0.3, 0.4) is 0 Å². The van der Waals surface area contributed by atoms with E-state index in [1.54, 1.807) is 13.3 Å². The molecule has 0 saturated carbocycles. The van der Waals surface area contributed by atoms with Crippen molar-refractivity contribution in [2.45, 2.75) is 12.1 Å². The van der Waals surface area contributed by atoms with Crippen molar-refractivity contribution in [2.24, 2.45) is 0 Å². The number of imidazole rings is 1. The van der Waals surface area contributed by atoms with Crippen LogP contribution in [0.5, 0.6) is 5.75 Å². The molecular formula is C13H13BrN2O3S. The minimum atomic E-state index is -0.865. The lowest BCUT2D eigenvalue weighted by molar-refractivity contribution is -0.133. The first-order chi connectivity index (χ1) is 9.52. The first-order valence-corrected chi connectivity index (χ1v) is 7.53. The van der Waals surface area contributed by atoms with E-state index in [1.165, 1.54) is 11.8 Å². The zero-order valence-corrected chi connectivity index (χ0v) is 13.4. The Balaban J connectivity index is 2.41. The van der Waals surface area contributed by atoms with Gasteiger partial charge in [-0.15, -0.1) is 0 Å². The third-order valence-corrected chi connectivity index (χ3v) is 4.22. The van der Waals surface area contributed by atoms with Crippen LogP contribution in [0.2, 0.25) is 0 Å². The van der Waals surface area contributed by atoms with Gasteiger partial charge in [0.25, 0.3) is 0 Å². The summed E-state index contributed by atoms with van der Waals surface area (Å²) in [6.07, 6.45) is 1.72. The Bertz CT molecular complexity index is 643. The van der Waals surface area contributed by atoms with Crippen LogP contribution in [0.4, 0.5) is 0 Å². The molecule has 2 rings (SSSR count). The smallest absolute Gasteiger partial charge is 0.313 e. The van der Waals surface area contributed by atoms with Crippen molar-refractivity contribution in [2.75, 3.05) is 12.9 Å². The average Bonchev–Trinajstić information content (AvgIpc) is 2.78. The van der Waals surface area contributed by atoms with Crippen molar-refractivity contribution in [3.63, 3.8) is 0 Å². The molecule has 0 bridgehead atoms. The number of thioether (sulfide) groups is 1. The molecule has 20 heavy (non-hydrogen) atoms. The van der Waals surface area contributed by atoms with E-state index < -0.39 is 5.97 Å². The fourth-order valence-corrected chi connectivity index (χ4v) is 2.91. The Hall–Kier alpha value is -1.47. The van der Waals surface area contributed by atoms with E-state index in [0.717, 1.165) is 15.9 Å². The van der Waals surface area contributed by atoms with Gasteiger partial charge in [-0.05, 0) is 35.0 Å². The molecule has 0 amide bonds. The summed E-state index contributed by atoms with van der Waals surface area (Å²) in [7, 11) is 1.60. The topological polar surface area (TPSA) is 64.4 Å². The van der Waals surface area contributed by atoms with Gasteiger partial charge in [-0.1, -0.05) is 11.8 Å². The van der Waals surface area contributed by atoms with Crippen LogP contribution in [-0.4, -0.2) is 33.5 Å². The first-order valence-electron chi connectivity index (χ1n) is 5.75. The van der Waals surface area contributed by atoms with Gasteiger partial charge in [0.15, 0.2) is 5.16 Å². The van der Waals surface area contributed by atoms with Gasteiger partial charge in [0.05, 0.1) is 23.0 Å². The molecule has 0 atom stereocenters. The predicted octanol–water partition coefficient (Wildman–Crippen LogP) is 3.13. The van der Waals surface area contributed by atoms with Gasteiger partial charge in [-0.3, -0.25) is 9.36 Å². The molecule has 2 aromatic rings. The maximum Gasteiger partial charge on any atom is 0.313 e. The molecule has 0 spiro atoms. The minimum absolute atomic E-state index is 0.0237. The van der Waals surface area contributed by atoms with Crippen molar-refractivity contribution in [3.05, 3.63) is 34.6 Å². The van der Waals surface area contributed by atoms with E-state index in [0.29, 0.717) is 10.9 Å². The molecule has 1 N–H and O–H groups in total. The number of aromatic nitrogens is 2. The summed E-state index contributed by atoms with van der Waals surface area (Å²) >= 11 is 4.60. The Labute approximate surface area is 129 Å². The van der Waals surface area contributed by atoms with E-state index in [-0.39, 0.29) is 5.75 Å². The number of carboxylic acids is 1. The monoisotopic (exact) mass is 356 g/mol. The molecule has 1 aromatic carbocycles. The standard InChI is InChI=1S/C13H13BrN2O3S/c1-8-6-15-13(20-7-12(17)18)16(8)9-3-4-10(14)11(5-9)19-2/h3-6H,7H2,1-2H3,(H,17,18). The number of methoxy groups -OCH3 is 1. The highest BCUT2D eigenvalue weighted by atomic mass is 79.9. The molecule has 1 aromatic heterocycles. The molecule has 0 unspecified atom stereocenters. The highest BCUT2D eigenvalue weighted by Gasteiger charge is 2.13. The zero-order valence-electron chi connectivity index (χ0n) is 11.0. The number of hydrogen-bond acceptors (Lipinski definition) is 4. The number of aliphatic carboxylic acids is 1. The highest BCUT2D eigenvalue weighted by Crippen LogP contribution is 2.30. The molecule has 0 saturated heterocycles. The largest absolute Gasteiger partial charge is 0.495 e. The van der Waals surface area contributed by atoms with Crippen molar-refractivity contribution >= 4 is 33.7 Å². The summed E-state index contributed by atoms with van der Waals surface area (Å²) in [6, 6.07) is 5.69. The summed E-state index contributed by atoms with van der Waals surface area (Å²) in [5, 5.41) is 9.43. The summed E-state index contributed by atoms with van der Waals surface area (Å²) < 4.78 is 8.05. The maximum absolute atomic E-state index is 10.7. The number of aryl methyl sites for hydroxylation is 1. The van der Waals surface area contributed by atoms with Gasteiger partial charge in [0, 0.05) is 18.0 Å². The fourth-order valence-electron chi connectivity index (χ4n) is 1.74. The van der Waals surface area contributed by atoms with E-state index in [9.17, 15) is 4.79 Å². The summed E-state index contributed by atoms with van der Waals surface area (Å²) in [5.74, 6) is -0.176. The Morgan fingerprint density at radius 3 is 2.95 bits per heavy atom. The van der Waals surface area contributed by atoms with E-state index in [4.69, 9.17) is 9.84 Å². The molecule has 0 aliphatic heterocycles. The van der Waals surface area contributed by atoms with Gasteiger partial charge in [0.1, 0.15) is 5.75 Å². The number of halogens is 1. The van der Waals surface area contributed by atoms with Gasteiger partial charge < -0.3 is 9.84 Å². The van der Waals surface area contributed by atoms with Crippen LogP contribution in [-0.2, 0) is 4.79 Å². The van der Waals surface area contributed by atoms with E-state index in [2.05, 4.69) is 20.9 Å². The lowest BCUT2D eigenvalue weighted by atomic mass is 10.3. The normalized spacial score (nSPS) is 10.6. The molecule has 0 aliphatic carbocycles. The van der Waals surface area contributed by atoms with Crippen LogP contribution in [0, 0.1) is 6.92 Å². The minimum Gasteiger partial charge on any atom is -0.495 e. The number of hydrogen-bond donors (Lipinski definition) is 1. The second-order valence-electron chi connectivity index (χ2n) is 4.02. The second-order valence-corrected chi connectivity index (χ2v) is 5.82. The third kappa shape index (κ3) is 3.16. The molecule has 106 valence electrons. The second kappa shape index (κ2) is 6.32. The van der Waals surface area contributed by atoms with Crippen molar-refractivity contribution in [1.82, 2.24) is 9.55 Å². The van der Waals surface area contributed by atoms with Crippen LogP contribution in [0.1, 0.15) is 5.69 Å². The number of rotatable bonds is 5. The number of nitrogens with zero attached hydrogens (tertiary/aromatic N) is 2. The Kier molecular flexibility index (Phi) is 4.72. The summed E-state index contributed by atoms with van der Waals surface area (Å²) in [5.41, 5.74) is 1.82. The number of benzene rings is 1. The summed E-state index contributed by atoms with van der Waals surface area (Å²) in [4.78, 5) is 14.9. The Morgan fingerprint density at radius 2 is 2.30 bits per heavy atom. The van der Waals surface area contributed by atoms with Gasteiger partial charge >= 0.3 is 5.97 Å². The first kappa shape index (κ1) is 14.9. The molecule has 0 fully saturated rings. The molecule has 0 radical (unpaired) electrons. The van der Waals surface area contributed by atoms with Gasteiger partial charge in [0.2, 0.25) is 0 Å². The predicted molar refractivity (Wildman–Crippen MR) is 80.9 cm³/mol. The van der Waals surface area contributed by atoms with Crippen LogP contribution in [0.15, 0.2) is 34.0 Å². The van der Waals surface area contributed by atoms with Crippen LogP contribution >= 0.6 is 27.7 Å². The lowest BCUT2D eigenvalue weighted by Crippen LogP contribution is -2.03. The SMILES string of the molecule is COc1cc(-n2c(C)cnc2SCC(=O)O)ccc1Br. The van der Waals surface area contributed by atoms with Gasteiger partial charge in [-0.25, -0.2) is 4.98 Å². The van der Waals surface area contributed by atoms with Gasteiger partial charge in [-0.2, -0.15) is 0 Å². The Morgan fingerprint density at radius 1 is 1.55 bits per heavy atom. The number of carboxylic acid groups (broad SMARTS) is 1. The quantitative estimate of drug-likeness (QED) is 0.833. The maximum atomic E-state index is 10.7. The lowest BCUT2D eigenvalue weighted by Gasteiger charge is -2.11. The van der Waals surface area contributed by atoms with Crippen LogP contribution < -0.4 is 4.74 Å². The molecule has 0 aliphatic rings. The number of carbonyl (C=O) groups is 1. The molecule has 1 heterocycles. The summed E-state index contributed by atoms with van der Waals surface area (Å²) in [6.45, 7) is 1.92.